The molecule has 0 amide bonds. The maximum Gasteiger partial charge on any atom is 0.423 e. The lowest BCUT2D eigenvalue weighted by atomic mass is 10.0. The topological polar surface area (TPSA) is 103 Å². The van der Waals surface area contributed by atoms with Crippen LogP contribution in [0.4, 0.5) is 13.2 Å². The van der Waals surface area contributed by atoms with Crippen LogP contribution in [0.3, 0.4) is 0 Å². The average molecular weight is 352 g/mol. The molecule has 2 aliphatic rings. The van der Waals surface area contributed by atoms with Crippen LogP contribution in [0.25, 0.3) is 0 Å². The molecule has 3 rings (SSSR count). The summed E-state index contributed by atoms with van der Waals surface area (Å²) in [6.45, 7) is 3.13. The molecule has 4 atom stereocenters. The Morgan fingerprint density at radius 1 is 1.33 bits per heavy atom. The first-order chi connectivity index (χ1) is 11.0. The van der Waals surface area contributed by atoms with Crippen molar-refractivity contribution in [3.8, 4) is 0 Å². The van der Waals surface area contributed by atoms with Gasteiger partial charge in [-0.3, -0.25) is 14.3 Å². The molecule has 0 aliphatic carbocycles. The van der Waals surface area contributed by atoms with Crippen molar-refractivity contribution in [2.45, 2.75) is 50.4 Å². The molecule has 2 fully saturated rings. The summed E-state index contributed by atoms with van der Waals surface area (Å²) in [6, 6.07) is 0. The normalized spacial score (nSPS) is 32.6. The quantitative estimate of drug-likeness (QED) is 0.736. The molecule has 2 saturated heterocycles. The summed E-state index contributed by atoms with van der Waals surface area (Å²) < 4.78 is 55.4. The summed E-state index contributed by atoms with van der Waals surface area (Å²) in [7, 11) is 0. The average Bonchev–Trinajstić information content (AvgIpc) is 2.74. The number of hydrogen-bond acceptors (Lipinski definition) is 6. The van der Waals surface area contributed by atoms with Gasteiger partial charge in [-0.05, 0) is 13.8 Å². The largest absolute Gasteiger partial charge is 0.423 e. The van der Waals surface area contributed by atoms with Crippen LogP contribution in [-0.2, 0) is 20.4 Å². The fourth-order valence-corrected chi connectivity index (χ4v) is 2.86. The number of rotatable bonds is 1. The number of halogens is 3. The van der Waals surface area contributed by atoms with Crippen LogP contribution in [0, 0.1) is 0 Å². The van der Waals surface area contributed by atoms with Crippen LogP contribution in [-0.4, -0.2) is 45.4 Å². The van der Waals surface area contributed by atoms with Gasteiger partial charge in [0.2, 0.25) is 0 Å². The van der Waals surface area contributed by atoms with Gasteiger partial charge in [-0.2, -0.15) is 13.2 Å². The van der Waals surface area contributed by atoms with Crippen LogP contribution in [0.15, 0.2) is 15.8 Å². The molecular weight excluding hydrogens is 337 g/mol. The van der Waals surface area contributed by atoms with Gasteiger partial charge in [0.1, 0.15) is 23.9 Å². The van der Waals surface area contributed by atoms with Crippen molar-refractivity contribution in [2.75, 3.05) is 6.61 Å². The third-order valence-electron chi connectivity index (χ3n) is 3.83. The van der Waals surface area contributed by atoms with Crippen molar-refractivity contribution in [3.05, 3.63) is 32.6 Å². The Labute approximate surface area is 132 Å². The van der Waals surface area contributed by atoms with Crippen LogP contribution in [0.1, 0.15) is 25.6 Å². The first-order valence-corrected chi connectivity index (χ1v) is 7.07. The minimum absolute atomic E-state index is 0.0945. The van der Waals surface area contributed by atoms with Gasteiger partial charge in [-0.25, -0.2) is 4.79 Å². The van der Waals surface area contributed by atoms with Crippen molar-refractivity contribution in [1.29, 1.82) is 0 Å². The molecule has 1 aromatic rings. The fraction of sp³-hybridized carbons (Fsp3) is 0.692. The highest BCUT2D eigenvalue weighted by atomic mass is 19.4. The Balaban J connectivity index is 1.98. The predicted molar refractivity (Wildman–Crippen MR) is 71.1 cm³/mol. The summed E-state index contributed by atoms with van der Waals surface area (Å²) >= 11 is 0. The van der Waals surface area contributed by atoms with Gasteiger partial charge < -0.3 is 19.3 Å². The lowest BCUT2D eigenvalue weighted by molar-refractivity contribution is -0.184. The first-order valence-electron chi connectivity index (χ1n) is 7.07. The number of aliphatic hydroxyl groups is 1. The maximum absolute atomic E-state index is 12.9. The number of hydrogen-bond donors (Lipinski definition) is 2. The number of alkyl halides is 3. The SMILES string of the molecule is CC1(C)O[C@H]2[C@H](O)[C@@H](n3cc(C(F)(F)F)c(=O)[nH]c3=O)OC[C@H]2O1. The number of fused-ring (bicyclic) bond motifs is 1. The number of H-pyrrole nitrogens is 1. The minimum Gasteiger partial charge on any atom is -0.386 e. The van der Waals surface area contributed by atoms with Gasteiger partial charge in [-0.1, -0.05) is 0 Å². The van der Waals surface area contributed by atoms with E-state index in [-0.39, 0.29) is 6.61 Å². The number of nitrogens with zero attached hydrogens (tertiary/aromatic N) is 1. The molecule has 0 spiro atoms. The second-order valence-electron chi connectivity index (χ2n) is 6.06. The number of aromatic nitrogens is 2. The van der Waals surface area contributed by atoms with E-state index in [1.54, 1.807) is 18.8 Å². The standard InChI is InChI=1S/C13H15F3N2O6/c1-12(2)23-6-4-22-10(7(19)8(6)24-12)18-3-5(13(14,15)16)9(20)17-11(18)21/h3,6-8,10,19H,4H2,1-2H3,(H,17,20,21)/t6-,7+,8-,10+/m1/s1. The molecule has 11 heteroatoms. The van der Waals surface area contributed by atoms with Crippen LogP contribution >= 0.6 is 0 Å². The van der Waals surface area contributed by atoms with Crippen LogP contribution < -0.4 is 11.2 Å². The zero-order valence-corrected chi connectivity index (χ0v) is 12.7. The zero-order valence-electron chi connectivity index (χ0n) is 12.7. The zero-order chi connectivity index (χ0) is 17.9. The van der Waals surface area contributed by atoms with Crippen molar-refractivity contribution in [3.63, 3.8) is 0 Å². The van der Waals surface area contributed by atoms with E-state index in [1.165, 1.54) is 0 Å². The van der Waals surface area contributed by atoms with Crippen LogP contribution in [0.5, 0.6) is 0 Å². The molecule has 0 radical (unpaired) electrons. The van der Waals surface area contributed by atoms with Crippen LogP contribution in [0.2, 0.25) is 0 Å². The molecule has 2 aliphatic heterocycles. The van der Waals surface area contributed by atoms with E-state index in [4.69, 9.17) is 14.2 Å². The van der Waals surface area contributed by atoms with E-state index in [1.807, 2.05) is 0 Å². The highest BCUT2D eigenvalue weighted by Crippen LogP contribution is 2.37. The number of ether oxygens (including phenoxy) is 3. The highest BCUT2D eigenvalue weighted by Gasteiger charge is 2.51. The Morgan fingerprint density at radius 3 is 2.62 bits per heavy atom. The van der Waals surface area contributed by atoms with Gasteiger partial charge in [-0.15, -0.1) is 0 Å². The second-order valence-corrected chi connectivity index (χ2v) is 6.06. The van der Waals surface area contributed by atoms with E-state index in [0.29, 0.717) is 10.8 Å². The molecule has 24 heavy (non-hydrogen) atoms. The van der Waals surface area contributed by atoms with Crippen molar-refractivity contribution >= 4 is 0 Å². The Bertz CT molecular complexity index is 755. The summed E-state index contributed by atoms with van der Waals surface area (Å²) in [5, 5.41) is 10.3. The molecule has 0 aromatic carbocycles. The lowest BCUT2D eigenvalue weighted by Gasteiger charge is -2.35. The molecule has 2 N–H and O–H groups in total. The smallest absolute Gasteiger partial charge is 0.386 e. The molecule has 0 saturated carbocycles. The summed E-state index contributed by atoms with van der Waals surface area (Å²) in [6.07, 6.45) is -9.04. The highest BCUT2D eigenvalue weighted by molar-refractivity contribution is 5.10. The van der Waals surface area contributed by atoms with Crippen molar-refractivity contribution in [2.24, 2.45) is 0 Å². The van der Waals surface area contributed by atoms with Gasteiger partial charge in [0.05, 0.1) is 6.61 Å². The lowest BCUT2D eigenvalue weighted by Crippen LogP contribution is -2.52. The molecule has 0 bridgehead atoms. The molecule has 8 nitrogen and oxygen atoms in total. The molecule has 3 heterocycles. The van der Waals surface area contributed by atoms with E-state index in [2.05, 4.69) is 0 Å². The van der Waals surface area contributed by atoms with Gasteiger partial charge >= 0.3 is 11.9 Å². The molecule has 1 aromatic heterocycles. The van der Waals surface area contributed by atoms with Gasteiger partial charge in [0.15, 0.2) is 12.0 Å². The number of aromatic amines is 1. The van der Waals surface area contributed by atoms with Gasteiger partial charge in [0.25, 0.3) is 5.56 Å². The third kappa shape index (κ3) is 2.88. The summed E-state index contributed by atoms with van der Waals surface area (Å²) in [4.78, 5) is 24.8. The minimum atomic E-state index is -4.96. The monoisotopic (exact) mass is 352 g/mol. The summed E-state index contributed by atoms with van der Waals surface area (Å²) in [5.41, 5.74) is -4.26. The third-order valence-corrected chi connectivity index (χ3v) is 3.83. The van der Waals surface area contributed by atoms with E-state index >= 15 is 0 Å². The molecule has 134 valence electrons. The van der Waals surface area contributed by atoms with Crippen molar-refractivity contribution in [1.82, 2.24) is 9.55 Å². The number of aliphatic hydroxyl groups excluding tert-OH is 1. The Morgan fingerprint density at radius 2 is 2.00 bits per heavy atom. The summed E-state index contributed by atoms with van der Waals surface area (Å²) in [5.74, 6) is -0.998. The van der Waals surface area contributed by atoms with Gasteiger partial charge in [0, 0.05) is 6.20 Å². The molecular formula is C13H15F3N2O6. The van der Waals surface area contributed by atoms with E-state index in [0.717, 1.165) is 0 Å². The Hall–Kier alpha value is -1.69. The number of nitrogens with one attached hydrogen (secondary N) is 1. The van der Waals surface area contributed by atoms with E-state index < -0.39 is 53.3 Å². The Kier molecular flexibility index (Phi) is 3.86. The fourth-order valence-electron chi connectivity index (χ4n) is 2.86. The second kappa shape index (κ2) is 5.41. The van der Waals surface area contributed by atoms with E-state index in [9.17, 15) is 27.9 Å². The molecule has 0 unspecified atom stereocenters. The predicted octanol–water partition coefficient (Wildman–Crippen LogP) is -0.0348. The maximum atomic E-state index is 12.9. The first kappa shape index (κ1) is 17.1. The van der Waals surface area contributed by atoms with Crippen molar-refractivity contribution < 1.29 is 32.5 Å².